The van der Waals surface area contributed by atoms with Crippen molar-refractivity contribution in [1.29, 1.82) is 0 Å². The Balaban J connectivity index is 2.28. The molecule has 0 aliphatic carbocycles. The molecule has 3 rings (SSSR count). The van der Waals surface area contributed by atoms with Crippen LogP contribution in [0.25, 0.3) is 21.9 Å². The number of hydrogen-bond donors (Lipinski definition) is 0. The van der Waals surface area contributed by atoms with Crippen LogP contribution in [0.4, 0.5) is 0 Å². The maximum absolute atomic E-state index is 2.33. The summed E-state index contributed by atoms with van der Waals surface area (Å²) in [4.78, 5) is 0. The number of benzene rings is 3. The van der Waals surface area contributed by atoms with Gasteiger partial charge in [0.15, 0.2) is 0 Å². The second-order valence-electron chi connectivity index (χ2n) is 5.78. The molecular weight excluding hydrogens is 240 g/mol. The summed E-state index contributed by atoms with van der Waals surface area (Å²) in [5.74, 6) is 0. The summed E-state index contributed by atoms with van der Waals surface area (Å²) in [5.41, 5.74) is 7.99. The highest BCUT2D eigenvalue weighted by molar-refractivity contribution is 5.92. The van der Waals surface area contributed by atoms with Gasteiger partial charge in [0, 0.05) is 0 Å². The maximum atomic E-state index is 2.33. The second-order valence-corrected chi connectivity index (χ2v) is 5.78. The summed E-state index contributed by atoms with van der Waals surface area (Å²) in [5, 5.41) is 2.72. The van der Waals surface area contributed by atoms with E-state index in [0.29, 0.717) is 0 Å². The van der Waals surface area contributed by atoms with Crippen molar-refractivity contribution in [3.05, 3.63) is 70.8 Å². The van der Waals surface area contributed by atoms with Gasteiger partial charge in [0.1, 0.15) is 0 Å². The zero-order valence-electron chi connectivity index (χ0n) is 12.6. The quantitative estimate of drug-likeness (QED) is 0.523. The summed E-state index contributed by atoms with van der Waals surface area (Å²) >= 11 is 0. The first-order valence-corrected chi connectivity index (χ1v) is 7.14. The molecule has 100 valence electrons. The number of rotatable bonds is 1. The number of aryl methyl sites for hydroxylation is 4. The molecule has 0 nitrogen and oxygen atoms in total. The van der Waals surface area contributed by atoms with Gasteiger partial charge in [-0.25, -0.2) is 0 Å². The largest absolute Gasteiger partial charge is 0.0590 e. The Labute approximate surface area is 121 Å². The molecule has 20 heavy (non-hydrogen) atoms. The van der Waals surface area contributed by atoms with Crippen LogP contribution in [0.1, 0.15) is 22.3 Å². The van der Waals surface area contributed by atoms with Crippen LogP contribution < -0.4 is 0 Å². The van der Waals surface area contributed by atoms with E-state index < -0.39 is 0 Å². The van der Waals surface area contributed by atoms with Gasteiger partial charge in [-0.2, -0.15) is 0 Å². The molecule has 0 spiro atoms. The molecule has 0 N–H and O–H groups in total. The first-order chi connectivity index (χ1) is 9.56. The van der Waals surface area contributed by atoms with E-state index in [2.05, 4.69) is 76.2 Å². The van der Waals surface area contributed by atoms with Crippen LogP contribution in [-0.2, 0) is 0 Å². The zero-order chi connectivity index (χ0) is 14.3. The Bertz CT molecular complexity index is 794. The van der Waals surface area contributed by atoms with Gasteiger partial charge in [0.05, 0.1) is 0 Å². The van der Waals surface area contributed by atoms with Gasteiger partial charge in [0.25, 0.3) is 0 Å². The average Bonchev–Trinajstić information content (AvgIpc) is 2.45. The molecule has 0 aliphatic rings. The molecule has 0 heteroatoms. The molecule has 0 saturated carbocycles. The van der Waals surface area contributed by atoms with Crippen LogP contribution >= 0.6 is 0 Å². The van der Waals surface area contributed by atoms with Crippen molar-refractivity contribution in [2.24, 2.45) is 0 Å². The van der Waals surface area contributed by atoms with Crippen LogP contribution in [0.2, 0.25) is 0 Å². The summed E-state index contributed by atoms with van der Waals surface area (Å²) in [6.07, 6.45) is 0. The highest BCUT2D eigenvalue weighted by Crippen LogP contribution is 2.30. The van der Waals surface area contributed by atoms with Crippen molar-refractivity contribution in [2.75, 3.05) is 0 Å². The average molecular weight is 260 g/mol. The minimum Gasteiger partial charge on any atom is -0.0590 e. The highest BCUT2D eigenvalue weighted by atomic mass is 14.1. The van der Waals surface area contributed by atoms with Crippen molar-refractivity contribution in [3.8, 4) is 11.1 Å². The molecule has 0 bridgehead atoms. The maximum Gasteiger partial charge on any atom is -0.0146 e. The molecule has 0 unspecified atom stereocenters. The van der Waals surface area contributed by atoms with Gasteiger partial charge in [-0.1, -0.05) is 48.0 Å². The van der Waals surface area contributed by atoms with E-state index in [4.69, 9.17) is 0 Å². The van der Waals surface area contributed by atoms with Gasteiger partial charge in [-0.05, 0) is 72.4 Å². The Hall–Kier alpha value is -2.08. The fraction of sp³-hybridized carbons (Fsp3) is 0.200. The lowest BCUT2D eigenvalue weighted by Gasteiger charge is -2.11. The molecule has 3 aromatic carbocycles. The molecule has 0 aliphatic heterocycles. The standard InChI is InChI=1S/C20H20/c1-13-5-6-15(3)19(11-13)17-9-10-18-14(2)7-8-16(4)20(18)12-17/h5-12H,1-4H3. The van der Waals surface area contributed by atoms with Gasteiger partial charge in [0.2, 0.25) is 0 Å². The van der Waals surface area contributed by atoms with Crippen molar-refractivity contribution in [3.63, 3.8) is 0 Å². The van der Waals surface area contributed by atoms with E-state index in [1.165, 1.54) is 44.2 Å². The highest BCUT2D eigenvalue weighted by Gasteiger charge is 2.06. The van der Waals surface area contributed by atoms with E-state index >= 15 is 0 Å². The smallest absolute Gasteiger partial charge is 0.0146 e. The van der Waals surface area contributed by atoms with Crippen molar-refractivity contribution < 1.29 is 0 Å². The second kappa shape index (κ2) is 4.79. The van der Waals surface area contributed by atoms with Crippen LogP contribution in [0.15, 0.2) is 48.5 Å². The molecule has 0 atom stereocenters. The van der Waals surface area contributed by atoms with Crippen LogP contribution in [0.5, 0.6) is 0 Å². The van der Waals surface area contributed by atoms with Crippen LogP contribution in [0, 0.1) is 27.7 Å². The fourth-order valence-electron chi connectivity index (χ4n) is 2.86. The van der Waals surface area contributed by atoms with Crippen molar-refractivity contribution >= 4 is 10.8 Å². The molecule has 0 heterocycles. The summed E-state index contributed by atoms with van der Waals surface area (Å²) in [6, 6.07) is 17.9. The predicted octanol–water partition coefficient (Wildman–Crippen LogP) is 5.74. The van der Waals surface area contributed by atoms with E-state index in [9.17, 15) is 0 Å². The predicted molar refractivity (Wildman–Crippen MR) is 88.3 cm³/mol. The summed E-state index contributed by atoms with van der Waals surface area (Å²) in [7, 11) is 0. The summed E-state index contributed by atoms with van der Waals surface area (Å²) < 4.78 is 0. The van der Waals surface area contributed by atoms with Gasteiger partial charge < -0.3 is 0 Å². The Morgan fingerprint density at radius 2 is 1.20 bits per heavy atom. The summed E-state index contributed by atoms with van der Waals surface area (Å²) in [6.45, 7) is 8.70. The first kappa shape index (κ1) is 12.9. The van der Waals surface area contributed by atoms with E-state index in [1.807, 2.05) is 0 Å². The topological polar surface area (TPSA) is 0 Å². The minimum atomic E-state index is 1.31. The lowest BCUT2D eigenvalue weighted by molar-refractivity contribution is 1.39. The molecule has 0 aromatic heterocycles. The van der Waals surface area contributed by atoms with E-state index in [1.54, 1.807) is 0 Å². The molecule has 0 fully saturated rings. The molecule has 0 radical (unpaired) electrons. The van der Waals surface area contributed by atoms with Crippen LogP contribution in [-0.4, -0.2) is 0 Å². The normalized spacial score (nSPS) is 11.0. The van der Waals surface area contributed by atoms with E-state index in [0.717, 1.165) is 0 Å². The van der Waals surface area contributed by atoms with E-state index in [-0.39, 0.29) is 0 Å². The van der Waals surface area contributed by atoms with Crippen LogP contribution in [0.3, 0.4) is 0 Å². The number of hydrogen-bond acceptors (Lipinski definition) is 0. The van der Waals surface area contributed by atoms with Crippen molar-refractivity contribution in [1.82, 2.24) is 0 Å². The molecule has 3 aromatic rings. The third kappa shape index (κ3) is 2.12. The fourth-order valence-corrected chi connectivity index (χ4v) is 2.86. The third-order valence-electron chi connectivity index (χ3n) is 4.16. The third-order valence-corrected chi connectivity index (χ3v) is 4.16. The molecule has 0 saturated heterocycles. The Kier molecular flexibility index (Phi) is 3.10. The van der Waals surface area contributed by atoms with Gasteiger partial charge in [-0.15, -0.1) is 0 Å². The van der Waals surface area contributed by atoms with Crippen molar-refractivity contribution in [2.45, 2.75) is 27.7 Å². The Morgan fingerprint density at radius 3 is 1.95 bits per heavy atom. The van der Waals surface area contributed by atoms with Gasteiger partial charge >= 0.3 is 0 Å². The molecular formula is C20H20. The first-order valence-electron chi connectivity index (χ1n) is 7.14. The zero-order valence-corrected chi connectivity index (χ0v) is 12.6. The monoisotopic (exact) mass is 260 g/mol. The van der Waals surface area contributed by atoms with Gasteiger partial charge in [-0.3, -0.25) is 0 Å². The minimum absolute atomic E-state index is 1.31. The SMILES string of the molecule is Cc1ccc(C)c(-c2ccc3c(C)ccc(C)c3c2)c1. The lowest BCUT2D eigenvalue weighted by atomic mass is 9.93. The lowest BCUT2D eigenvalue weighted by Crippen LogP contribution is -1.88. The molecule has 0 amide bonds. The Morgan fingerprint density at radius 1 is 0.550 bits per heavy atom. The number of fused-ring (bicyclic) bond motifs is 1.